The van der Waals surface area contributed by atoms with Crippen LogP contribution in [0.1, 0.15) is 18.5 Å². The molecule has 118 valence electrons. The van der Waals surface area contributed by atoms with Crippen molar-refractivity contribution in [2.75, 3.05) is 40.6 Å². The highest BCUT2D eigenvalue weighted by molar-refractivity contribution is 5.44. The second kappa shape index (κ2) is 7.59. The fourth-order valence-electron chi connectivity index (χ4n) is 2.36. The highest BCUT2D eigenvalue weighted by Gasteiger charge is 2.20. The lowest BCUT2D eigenvalue weighted by Crippen LogP contribution is -2.38. The molecule has 0 radical (unpaired) electrons. The number of benzene rings is 1. The second-order valence-electron chi connectivity index (χ2n) is 4.96. The summed E-state index contributed by atoms with van der Waals surface area (Å²) in [5.41, 5.74) is 0.525. The van der Waals surface area contributed by atoms with E-state index in [1.165, 1.54) is 20.3 Å². The molecular weight excluding hydrogens is 277 g/mol. The van der Waals surface area contributed by atoms with Crippen molar-refractivity contribution in [3.63, 3.8) is 0 Å². The number of hydrogen-bond donors (Lipinski definition) is 1. The van der Waals surface area contributed by atoms with Crippen LogP contribution in [0.3, 0.4) is 0 Å². The van der Waals surface area contributed by atoms with E-state index >= 15 is 0 Å². The molecule has 21 heavy (non-hydrogen) atoms. The van der Waals surface area contributed by atoms with Crippen molar-refractivity contribution in [2.24, 2.45) is 0 Å². The Labute approximate surface area is 124 Å². The maximum atomic E-state index is 14.2. The molecule has 1 aromatic rings. The molecular formula is C15H22FNO4. The Hall–Kier alpha value is -1.37. The molecule has 1 unspecified atom stereocenters. The largest absolute Gasteiger partial charge is 0.493 e. The third-order valence-electron chi connectivity index (χ3n) is 3.47. The van der Waals surface area contributed by atoms with Gasteiger partial charge in [0.1, 0.15) is 5.82 Å². The van der Waals surface area contributed by atoms with Crippen LogP contribution in [-0.4, -0.2) is 46.7 Å². The molecule has 0 aromatic heterocycles. The Morgan fingerprint density at radius 3 is 2.29 bits per heavy atom. The molecule has 1 aromatic carbocycles. The van der Waals surface area contributed by atoms with E-state index in [0.29, 0.717) is 43.5 Å². The summed E-state index contributed by atoms with van der Waals surface area (Å²) in [6.45, 7) is 4.20. The smallest absolute Gasteiger partial charge is 0.163 e. The molecule has 0 amide bonds. The lowest BCUT2D eigenvalue weighted by molar-refractivity contribution is 0.103. The first-order chi connectivity index (χ1) is 10.2. The van der Waals surface area contributed by atoms with E-state index in [2.05, 4.69) is 5.32 Å². The quantitative estimate of drug-likeness (QED) is 0.900. The topological polar surface area (TPSA) is 49.0 Å². The van der Waals surface area contributed by atoms with Gasteiger partial charge in [-0.15, -0.1) is 0 Å². The van der Waals surface area contributed by atoms with Crippen LogP contribution >= 0.6 is 0 Å². The molecule has 1 atom stereocenters. The zero-order chi connectivity index (χ0) is 15.2. The van der Waals surface area contributed by atoms with Gasteiger partial charge >= 0.3 is 0 Å². The number of ether oxygens (including phenoxy) is 4. The first kappa shape index (κ1) is 16.0. The first-order valence-corrected chi connectivity index (χ1v) is 6.98. The van der Waals surface area contributed by atoms with E-state index in [-0.39, 0.29) is 17.9 Å². The van der Waals surface area contributed by atoms with E-state index in [1.54, 1.807) is 6.07 Å². The van der Waals surface area contributed by atoms with Gasteiger partial charge in [0.15, 0.2) is 11.5 Å². The fourth-order valence-corrected chi connectivity index (χ4v) is 2.36. The number of nitrogens with one attached hydrogen (secondary N) is 1. The Kier molecular flexibility index (Phi) is 5.78. The minimum atomic E-state index is -0.330. The monoisotopic (exact) mass is 299 g/mol. The predicted octanol–water partition coefficient (Wildman–Crippen LogP) is 1.91. The molecule has 1 aliphatic heterocycles. The van der Waals surface area contributed by atoms with Crippen molar-refractivity contribution in [1.82, 2.24) is 5.32 Å². The van der Waals surface area contributed by atoms with Crippen LogP contribution in [-0.2, 0) is 9.47 Å². The molecule has 1 aliphatic rings. The van der Waals surface area contributed by atoms with E-state index < -0.39 is 0 Å². The summed E-state index contributed by atoms with van der Waals surface area (Å²) in [5.74, 6) is 0.561. The molecule has 0 bridgehead atoms. The summed E-state index contributed by atoms with van der Waals surface area (Å²) >= 11 is 0. The standard InChI is InChI=1S/C15H22FNO4/c1-10(17-11-8-20-4-5-21-9-11)12-6-14(18-2)15(19-3)7-13(12)16/h6-7,10-11,17H,4-5,8-9H2,1-3H3. The molecule has 0 saturated carbocycles. The molecule has 5 nitrogen and oxygen atoms in total. The highest BCUT2D eigenvalue weighted by Crippen LogP contribution is 2.32. The van der Waals surface area contributed by atoms with Crippen LogP contribution in [0.5, 0.6) is 11.5 Å². The van der Waals surface area contributed by atoms with Crippen LogP contribution < -0.4 is 14.8 Å². The predicted molar refractivity (Wildman–Crippen MR) is 76.5 cm³/mol. The average molecular weight is 299 g/mol. The van der Waals surface area contributed by atoms with Gasteiger partial charge in [0.2, 0.25) is 0 Å². The lowest BCUT2D eigenvalue weighted by Gasteiger charge is -2.22. The molecule has 6 heteroatoms. The number of hydrogen-bond acceptors (Lipinski definition) is 5. The molecule has 1 saturated heterocycles. The Morgan fingerprint density at radius 1 is 1.14 bits per heavy atom. The van der Waals surface area contributed by atoms with Crippen molar-refractivity contribution in [2.45, 2.75) is 19.0 Å². The maximum Gasteiger partial charge on any atom is 0.163 e. The van der Waals surface area contributed by atoms with Gasteiger partial charge in [0.05, 0.1) is 46.7 Å². The first-order valence-electron chi connectivity index (χ1n) is 6.98. The van der Waals surface area contributed by atoms with Crippen molar-refractivity contribution in [3.05, 3.63) is 23.5 Å². The van der Waals surface area contributed by atoms with Crippen LogP contribution in [0, 0.1) is 5.82 Å². The van der Waals surface area contributed by atoms with Gasteiger partial charge in [-0.25, -0.2) is 4.39 Å². The summed E-state index contributed by atoms with van der Waals surface area (Å²) in [6.07, 6.45) is 0. The van der Waals surface area contributed by atoms with Gasteiger partial charge in [-0.1, -0.05) is 0 Å². The van der Waals surface area contributed by atoms with Gasteiger partial charge in [0, 0.05) is 17.7 Å². The summed E-state index contributed by atoms with van der Waals surface area (Å²) < 4.78 is 35.4. The summed E-state index contributed by atoms with van der Waals surface area (Å²) in [7, 11) is 3.02. The Bertz CT molecular complexity index is 461. The number of methoxy groups -OCH3 is 2. The van der Waals surface area contributed by atoms with Crippen LogP contribution in [0.25, 0.3) is 0 Å². The normalized spacial score (nSPS) is 18.1. The summed E-state index contributed by atoms with van der Waals surface area (Å²) in [6, 6.07) is 2.84. The van der Waals surface area contributed by atoms with Crippen molar-refractivity contribution >= 4 is 0 Å². The van der Waals surface area contributed by atoms with E-state index in [4.69, 9.17) is 18.9 Å². The minimum Gasteiger partial charge on any atom is -0.493 e. The lowest BCUT2D eigenvalue weighted by atomic mass is 10.1. The highest BCUT2D eigenvalue weighted by atomic mass is 19.1. The third kappa shape index (κ3) is 4.06. The van der Waals surface area contributed by atoms with Crippen molar-refractivity contribution in [3.8, 4) is 11.5 Å². The summed E-state index contributed by atoms with van der Waals surface area (Å²) in [4.78, 5) is 0. The van der Waals surface area contributed by atoms with Gasteiger partial charge in [-0.3, -0.25) is 0 Å². The molecule has 0 aliphatic carbocycles. The molecule has 0 spiro atoms. The fraction of sp³-hybridized carbons (Fsp3) is 0.600. The zero-order valence-electron chi connectivity index (χ0n) is 12.6. The molecule has 1 fully saturated rings. The van der Waals surface area contributed by atoms with E-state index in [9.17, 15) is 4.39 Å². The van der Waals surface area contributed by atoms with Gasteiger partial charge < -0.3 is 24.3 Å². The Morgan fingerprint density at radius 2 is 1.71 bits per heavy atom. The third-order valence-corrected chi connectivity index (χ3v) is 3.47. The van der Waals surface area contributed by atoms with Crippen molar-refractivity contribution in [1.29, 1.82) is 0 Å². The van der Waals surface area contributed by atoms with Gasteiger partial charge in [-0.2, -0.15) is 0 Å². The number of halogens is 1. The Balaban J connectivity index is 2.12. The SMILES string of the molecule is COc1cc(F)c(C(C)NC2COCCOC2)cc1OC. The molecule has 1 N–H and O–H groups in total. The maximum absolute atomic E-state index is 14.2. The van der Waals surface area contributed by atoms with Crippen LogP contribution in [0.15, 0.2) is 12.1 Å². The second-order valence-corrected chi connectivity index (χ2v) is 4.96. The molecule has 2 rings (SSSR count). The van der Waals surface area contributed by atoms with E-state index in [1.807, 2.05) is 6.92 Å². The van der Waals surface area contributed by atoms with E-state index in [0.717, 1.165) is 0 Å². The molecule has 1 heterocycles. The zero-order valence-corrected chi connectivity index (χ0v) is 12.6. The minimum absolute atomic E-state index is 0.0370. The number of rotatable bonds is 5. The van der Waals surface area contributed by atoms with Crippen LogP contribution in [0.2, 0.25) is 0 Å². The van der Waals surface area contributed by atoms with Crippen LogP contribution in [0.4, 0.5) is 4.39 Å². The summed E-state index contributed by atoms with van der Waals surface area (Å²) in [5, 5.41) is 3.32. The average Bonchev–Trinajstić information content (AvgIpc) is 2.75. The van der Waals surface area contributed by atoms with Gasteiger partial charge in [0.25, 0.3) is 0 Å². The van der Waals surface area contributed by atoms with Gasteiger partial charge in [-0.05, 0) is 13.0 Å². The van der Waals surface area contributed by atoms with Crippen molar-refractivity contribution < 1.29 is 23.3 Å².